The van der Waals surface area contributed by atoms with Gasteiger partial charge in [0.25, 0.3) is 0 Å². The number of halogens is 1. The SMILES string of the molecule is COc1nccc(-c2c(-c3ccc(F)cc3)nc(-c3ccc(CN(C)C)cc3)n2[O-])n1. The first-order valence-electron chi connectivity index (χ1n) is 9.64. The van der Waals surface area contributed by atoms with Crippen LogP contribution in [0.4, 0.5) is 4.39 Å². The molecular formula is C23H21FN5O2-. The fraction of sp³-hybridized carbons (Fsp3) is 0.174. The summed E-state index contributed by atoms with van der Waals surface area (Å²) in [4.78, 5) is 15.0. The van der Waals surface area contributed by atoms with E-state index in [1.807, 2.05) is 38.4 Å². The maximum absolute atomic E-state index is 13.5. The normalized spacial score (nSPS) is 11.1. The Morgan fingerprint density at radius 1 is 0.968 bits per heavy atom. The highest BCUT2D eigenvalue weighted by molar-refractivity contribution is 5.81. The van der Waals surface area contributed by atoms with E-state index >= 15 is 0 Å². The van der Waals surface area contributed by atoms with Crippen molar-refractivity contribution in [3.8, 4) is 40.0 Å². The van der Waals surface area contributed by atoms with Crippen molar-refractivity contribution >= 4 is 0 Å². The first-order chi connectivity index (χ1) is 15.0. The standard InChI is InChI=1S/C23H21FN5O2/c1-28(2)14-15-4-6-17(7-5-15)22-27-20(16-8-10-18(24)11-9-16)21(29(22)30)19-12-13-25-23(26-19)31-3/h4-13H,14H2,1-3H3/q-1. The molecule has 0 amide bonds. The second-order valence-electron chi connectivity index (χ2n) is 7.30. The molecule has 0 aliphatic carbocycles. The highest BCUT2D eigenvalue weighted by atomic mass is 19.1. The lowest BCUT2D eigenvalue weighted by molar-refractivity contribution is 0.380. The zero-order valence-electron chi connectivity index (χ0n) is 17.4. The molecular weight excluding hydrogens is 397 g/mol. The minimum Gasteiger partial charge on any atom is -0.804 e. The Morgan fingerprint density at radius 2 is 1.65 bits per heavy atom. The number of hydrogen-bond acceptors (Lipinski definition) is 6. The van der Waals surface area contributed by atoms with E-state index in [-0.39, 0.29) is 23.3 Å². The quantitative estimate of drug-likeness (QED) is 0.466. The third-order valence-electron chi connectivity index (χ3n) is 4.72. The van der Waals surface area contributed by atoms with Gasteiger partial charge in [-0.05, 0) is 50.0 Å². The molecule has 31 heavy (non-hydrogen) atoms. The molecule has 0 atom stereocenters. The van der Waals surface area contributed by atoms with Crippen LogP contribution in [0.1, 0.15) is 5.56 Å². The average Bonchev–Trinajstić information content (AvgIpc) is 3.11. The fourth-order valence-electron chi connectivity index (χ4n) is 3.32. The summed E-state index contributed by atoms with van der Waals surface area (Å²) in [6.07, 6.45) is 1.51. The summed E-state index contributed by atoms with van der Waals surface area (Å²) >= 11 is 0. The lowest BCUT2D eigenvalue weighted by Gasteiger charge is -2.16. The number of hydrogen-bond donors (Lipinski definition) is 0. The molecule has 2 aromatic heterocycles. The van der Waals surface area contributed by atoms with Crippen molar-refractivity contribution in [2.45, 2.75) is 6.54 Å². The van der Waals surface area contributed by atoms with Crippen LogP contribution < -0.4 is 4.74 Å². The molecule has 8 heteroatoms. The van der Waals surface area contributed by atoms with Gasteiger partial charge in [-0.25, -0.2) is 14.4 Å². The molecule has 0 aliphatic rings. The minimum absolute atomic E-state index is 0.137. The second kappa shape index (κ2) is 8.53. The van der Waals surface area contributed by atoms with Crippen LogP contribution in [0.5, 0.6) is 6.01 Å². The van der Waals surface area contributed by atoms with E-state index in [4.69, 9.17) is 4.74 Å². The summed E-state index contributed by atoms with van der Waals surface area (Å²) in [7, 11) is 5.44. The molecule has 158 valence electrons. The monoisotopic (exact) mass is 418 g/mol. The van der Waals surface area contributed by atoms with Crippen LogP contribution in [-0.2, 0) is 6.54 Å². The van der Waals surface area contributed by atoms with E-state index in [0.717, 1.165) is 16.8 Å². The zero-order chi connectivity index (χ0) is 22.0. The van der Waals surface area contributed by atoms with Crippen LogP contribution in [0.2, 0.25) is 0 Å². The van der Waals surface area contributed by atoms with Gasteiger partial charge in [0.15, 0.2) is 0 Å². The molecule has 0 unspecified atom stereocenters. The van der Waals surface area contributed by atoms with Gasteiger partial charge in [-0.2, -0.15) is 4.98 Å². The largest absolute Gasteiger partial charge is 0.804 e. The van der Waals surface area contributed by atoms with Gasteiger partial charge in [0, 0.05) is 23.9 Å². The molecule has 0 bridgehead atoms. The first-order valence-corrected chi connectivity index (χ1v) is 9.64. The van der Waals surface area contributed by atoms with Gasteiger partial charge in [0.05, 0.1) is 24.2 Å². The Hall–Kier alpha value is -3.78. The van der Waals surface area contributed by atoms with Crippen LogP contribution in [-0.4, -0.2) is 45.8 Å². The molecule has 0 saturated heterocycles. The third kappa shape index (κ3) is 4.24. The smallest absolute Gasteiger partial charge is 0.316 e. The summed E-state index contributed by atoms with van der Waals surface area (Å²) in [5, 5.41) is 13.4. The summed E-state index contributed by atoms with van der Waals surface area (Å²) in [6.45, 7) is 0.791. The third-order valence-corrected chi connectivity index (χ3v) is 4.72. The van der Waals surface area contributed by atoms with Crippen LogP contribution in [0.3, 0.4) is 0 Å². The molecule has 4 rings (SSSR count). The van der Waals surface area contributed by atoms with Gasteiger partial charge in [-0.15, -0.1) is 0 Å². The molecule has 0 radical (unpaired) electrons. The van der Waals surface area contributed by atoms with Crippen LogP contribution >= 0.6 is 0 Å². The minimum atomic E-state index is -0.368. The molecule has 0 saturated carbocycles. The van der Waals surface area contributed by atoms with E-state index in [2.05, 4.69) is 19.9 Å². The van der Waals surface area contributed by atoms with E-state index in [9.17, 15) is 9.60 Å². The zero-order valence-corrected chi connectivity index (χ0v) is 17.4. The number of ether oxygens (including phenoxy) is 1. The summed E-state index contributed by atoms with van der Waals surface area (Å²) < 4.78 is 19.3. The van der Waals surface area contributed by atoms with E-state index in [0.29, 0.717) is 22.5 Å². The maximum Gasteiger partial charge on any atom is 0.316 e. The predicted molar refractivity (Wildman–Crippen MR) is 117 cm³/mol. The molecule has 0 fully saturated rings. The van der Waals surface area contributed by atoms with Crippen molar-refractivity contribution in [1.29, 1.82) is 0 Å². The number of benzene rings is 2. The van der Waals surface area contributed by atoms with Crippen LogP contribution in [0.25, 0.3) is 34.0 Å². The lowest BCUT2D eigenvalue weighted by atomic mass is 10.1. The molecule has 0 N–H and O–H groups in total. The molecule has 0 aliphatic heterocycles. The molecule has 7 nitrogen and oxygen atoms in total. The maximum atomic E-state index is 13.5. The molecule has 2 aromatic carbocycles. The Kier molecular flexibility index (Phi) is 5.64. The predicted octanol–water partition coefficient (Wildman–Crippen LogP) is 4.23. The molecule has 4 aromatic rings. The Morgan fingerprint density at radius 3 is 2.29 bits per heavy atom. The number of nitrogens with zero attached hydrogens (tertiary/aromatic N) is 5. The molecule has 2 heterocycles. The van der Waals surface area contributed by atoms with Crippen molar-refractivity contribution in [3.63, 3.8) is 0 Å². The van der Waals surface area contributed by atoms with Crippen molar-refractivity contribution in [1.82, 2.24) is 24.6 Å². The van der Waals surface area contributed by atoms with E-state index < -0.39 is 0 Å². The van der Waals surface area contributed by atoms with Crippen molar-refractivity contribution < 1.29 is 9.13 Å². The Balaban J connectivity index is 1.86. The number of methoxy groups -OCH3 is 1. The van der Waals surface area contributed by atoms with E-state index in [1.54, 1.807) is 18.2 Å². The van der Waals surface area contributed by atoms with Gasteiger partial charge in [-0.3, -0.25) is 0 Å². The Labute approximate surface area is 179 Å². The average molecular weight is 418 g/mol. The van der Waals surface area contributed by atoms with Crippen molar-refractivity contribution in [2.24, 2.45) is 0 Å². The summed E-state index contributed by atoms with van der Waals surface area (Å²) in [5.41, 5.74) is 3.42. The van der Waals surface area contributed by atoms with Crippen LogP contribution in [0, 0.1) is 11.0 Å². The van der Waals surface area contributed by atoms with Gasteiger partial charge in [0.2, 0.25) is 0 Å². The van der Waals surface area contributed by atoms with Gasteiger partial charge in [0.1, 0.15) is 11.6 Å². The topological polar surface area (TPSA) is 79.1 Å². The number of aromatic nitrogens is 4. The summed E-state index contributed by atoms with van der Waals surface area (Å²) in [5.74, 6) is -0.129. The van der Waals surface area contributed by atoms with E-state index in [1.165, 1.54) is 25.4 Å². The highest BCUT2D eigenvalue weighted by Gasteiger charge is 2.19. The van der Waals surface area contributed by atoms with Crippen molar-refractivity contribution in [2.75, 3.05) is 21.2 Å². The fourth-order valence-corrected chi connectivity index (χ4v) is 3.32. The summed E-state index contributed by atoms with van der Waals surface area (Å²) in [6, 6.07) is 15.3. The Bertz CT molecular complexity index is 1190. The number of imidazole rings is 1. The highest BCUT2D eigenvalue weighted by Crippen LogP contribution is 2.35. The van der Waals surface area contributed by atoms with Gasteiger partial charge >= 0.3 is 6.01 Å². The number of rotatable bonds is 6. The van der Waals surface area contributed by atoms with Crippen LogP contribution in [0.15, 0.2) is 60.8 Å². The van der Waals surface area contributed by atoms with Crippen molar-refractivity contribution in [3.05, 3.63) is 77.4 Å². The molecule has 0 spiro atoms. The lowest BCUT2D eigenvalue weighted by Crippen LogP contribution is -2.10. The van der Waals surface area contributed by atoms with Gasteiger partial charge < -0.3 is 19.6 Å². The first kappa shape index (κ1) is 20.5. The second-order valence-corrected chi connectivity index (χ2v) is 7.30. The van der Waals surface area contributed by atoms with Gasteiger partial charge in [-0.1, -0.05) is 24.3 Å².